The minimum absolute atomic E-state index is 0. The SMILES string of the molecule is CCC1(CNC(=NCc2nnc(C)n2C)NCc2cccs2)CCC1.I. The fourth-order valence-electron chi connectivity index (χ4n) is 3.10. The molecular formula is C18H29IN6S. The van der Waals surface area contributed by atoms with E-state index in [1.54, 1.807) is 11.3 Å². The Kier molecular flexibility index (Phi) is 7.87. The normalized spacial score (nSPS) is 15.9. The molecule has 2 aromatic rings. The number of halogens is 1. The zero-order valence-electron chi connectivity index (χ0n) is 15.8. The Balaban J connectivity index is 0.00000243. The van der Waals surface area contributed by atoms with Gasteiger partial charge < -0.3 is 15.2 Å². The van der Waals surface area contributed by atoms with Gasteiger partial charge in [0.25, 0.3) is 0 Å². The van der Waals surface area contributed by atoms with Crippen molar-refractivity contribution in [3.05, 3.63) is 34.0 Å². The van der Waals surface area contributed by atoms with Crippen molar-refractivity contribution >= 4 is 41.3 Å². The summed E-state index contributed by atoms with van der Waals surface area (Å²) < 4.78 is 1.99. The molecule has 0 atom stereocenters. The fourth-order valence-corrected chi connectivity index (χ4v) is 3.74. The van der Waals surface area contributed by atoms with Gasteiger partial charge in [-0.25, -0.2) is 4.99 Å². The van der Waals surface area contributed by atoms with Crippen LogP contribution in [-0.2, 0) is 20.1 Å². The fraction of sp³-hybridized carbons (Fsp3) is 0.611. The molecule has 1 saturated carbocycles. The highest BCUT2D eigenvalue weighted by Crippen LogP contribution is 2.42. The zero-order valence-corrected chi connectivity index (χ0v) is 18.9. The maximum absolute atomic E-state index is 4.74. The molecule has 2 N–H and O–H groups in total. The lowest BCUT2D eigenvalue weighted by atomic mass is 9.67. The van der Waals surface area contributed by atoms with E-state index in [1.807, 2.05) is 18.5 Å². The van der Waals surface area contributed by atoms with Gasteiger partial charge in [-0.05, 0) is 43.0 Å². The summed E-state index contributed by atoms with van der Waals surface area (Å²) in [4.78, 5) is 6.04. The first-order valence-corrected chi connectivity index (χ1v) is 9.89. The number of aromatic nitrogens is 3. The van der Waals surface area contributed by atoms with Crippen LogP contribution in [0.25, 0.3) is 0 Å². The summed E-state index contributed by atoms with van der Waals surface area (Å²) in [6.07, 6.45) is 5.21. The highest BCUT2D eigenvalue weighted by Gasteiger charge is 2.34. The predicted octanol–water partition coefficient (Wildman–Crippen LogP) is 3.62. The summed E-state index contributed by atoms with van der Waals surface area (Å²) in [6, 6.07) is 4.22. The summed E-state index contributed by atoms with van der Waals surface area (Å²) in [5.41, 5.74) is 0.451. The Morgan fingerprint density at radius 1 is 1.35 bits per heavy atom. The molecule has 8 heteroatoms. The van der Waals surface area contributed by atoms with Crippen LogP contribution in [0.5, 0.6) is 0 Å². The van der Waals surface area contributed by atoms with E-state index >= 15 is 0 Å². The van der Waals surface area contributed by atoms with Gasteiger partial charge in [-0.2, -0.15) is 0 Å². The quantitative estimate of drug-likeness (QED) is 0.355. The Morgan fingerprint density at radius 3 is 2.69 bits per heavy atom. The highest BCUT2D eigenvalue weighted by atomic mass is 127. The molecule has 0 spiro atoms. The molecule has 0 unspecified atom stereocenters. The van der Waals surface area contributed by atoms with Crippen LogP contribution in [0, 0.1) is 12.3 Å². The Hall–Kier alpha value is -1.16. The Morgan fingerprint density at radius 2 is 2.15 bits per heavy atom. The van der Waals surface area contributed by atoms with Crippen LogP contribution in [-0.4, -0.2) is 27.3 Å². The molecule has 6 nitrogen and oxygen atoms in total. The van der Waals surface area contributed by atoms with Gasteiger partial charge in [0.05, 0.1) is 6.54 Å². The molecule has 0 aromatic carbocycles. The summed E-state index contributed by atoms with van der Waals surface area (Å²) >= 11 is 1.76. The van der Waals surface area contributed by atoms with Gasteiger partial charge in [-0.3, -0.25) is 0 Å². The molecule has 0 amide bonds. The maximum atomic E-state index is 4.74. The van der Waals surface area contributed by atoms with Crippen molar-refractivity contribution in [2.75, 3.05) is 6.54 Å². The van der Waals surface area contributed by atoms with Crippen LogP contribution in [0.1, 0.15) is 49.1 Å². The second-order valence-electron chi connectivity index (χ2n) is 6.88. The smallest absolute Gasteiger partial charge is 0.192 e. The van der Waals surface area contributed by atoms with Crippen LogP contribution >= 0.6 is 35.3 Å². The second-order valence-corrected chi connectivity index (χ2v) is 7.91. The Bertz CT molecular complexity index is 700. The molecule has 1 aliphatic carbocycles. The van der Waals surface area contributed by atoms with Gasteiger partial charge in [-0.1, -0.05) is 19.4 Å². The highest BCUT2D eigenvalue weighted by molar-refractivity contribution is 14.0. The van der Waals surface area contributed by atoms with Crippen LogP contribution in [0.4, 0.5) is 0 Å². The predicted molar refractivity (Wildman–Crippen MR) is 118 cm³/mol. The van der Waals surface area contributed by atoms with Gasteiger partial charge in [0.15, 0.2) is 11.8 Å². The van der Waals surface area contributed by atoms with Crippen molar-refractivity contribution in [1.82, 2.24) is 25.4 Å². The van der Waals surface area contributed by atoms with Crippen molar-refractivity contribution in [3.63, 3.8) is 0 Å². The first-order chi connectivity index (χ1) is 12.1. The van der Waals surface area contributed by atoms with Crippen molar-refractivity contribution in [2.24, 2.45) is 17.5 Å². The van der Waals surface area contributed by atoms with Gasteiger partial charge in [0.2, 0.25) is 0 Å². The molecule has 0 aliphatic heterocycles. The number of nitrogens with zero attached hydrogens (tertiary/aromatic N) is 4. The van der Waals surface area contributed by atoms with Crippen molar-refractivity contribution in [1.29, 1.82) is 0 Å². The average Bonchev–Trinajstić information content (AvgIpc) is 3.20. The minimum Gasteiger partial charge on any atom is -0.356 e. The van der Waals surface area contributed by atoms with Crippen molar-refractivity contribution in [3.8, 4) is 0 Å². The molecule has 0 bridgehead atoms. The van der Waals surface area contributed by atoms with E-state index in [-0.39, 0.29) is 24.0 Å². The average molecular weight is 488 g/mol. The summed E-state index contributed by atoms with van der Waals surface area (Å²) in [7, 11) is 1.98. The molecule has 2 aromatic heterocycles. The van der Waals surface area contributed by atoms with Gasteiger partial charge >= 0.3 is 0 Å². The van der Waals surface area contributed by atoms with E-state index in [0.29, 0.717) is 12.0 Å². The summed E-state index contributed by atoms with van der Waals surface area (Å²) in [5.74, 6) is 2.64. The third kappa shape index (κ3) is 5.18. The van der Waals surface area contributed by atoms with E-state index in [0.717, 1.165) is 30.7 Å². The first-order valence-electron chi connectivity index (χ1n) is 9.01. The zero-order chi connectivity index (χ0) is 17.7. The summed E-state index contributed by atoms with van der Waals surface area (Å²) in [6.45, 7) is 6.55. The van der Waals surface area contributed by atoms with E-state index in [9.17, 15) is 0 Å². The molecule has 26 heavy (non-hydrogen) atoms. The van der Waals surface area contributed by atoms with E-state index < -0.39 is 0 Å². The van der Waals surface area contributed by atoms with Crippen LogP contribution in [0.15, 0.2) is 22.5 Å². The molecule has 2 heterocycles. The summed E-state index contributed by atoms with van der Waals surface area (Å²) in [5, 5.41) is 17.4. The lowest BCUT2D eigenvalue weighted by molar-refractivity contribution is 0.131. The number of guanidine groups is 1. The molecule has 1 aliphatic rings. The standard InChI is InChI=1S/C18H28N6S.HI/c1-4-18(8-6-9-18)13-21-17(19-11-15-7-5-10-25-15)20-12-16-23-22-14(2)24(16)3;/h5,7,10H,4,6,8-9,11-13H2,1-3H3,(H2,19,20,21);1H. The minimum atomic E-state index is 0. The second kappa shape index (κ2) is 9.68. The third-order valence-corrected chi connectivity index (χ3v) is 6.24. The van der Waals surface area contributed by atoms with Gasteiger partial charge in [-0.15, -0.1) is 45.5 Å². The van der Waals surface area contributed by atoms with E-state index in [4.69, 9.17) is 4.99 Å². The number of aryl methyl sites for hydroxylation is 1. The van der Waals surface area contributed by atoms with Gasteiger partial charge in [0, 0.05) is 18.5 Å². The maximum Gasteiger partial charge on any atom is 0.192 e. The number of hydrogen-bond acceptors (Lipinski definition) is 4. The lowest BCUT2D eigenvalue weighted by Gasteiger charge is -2.41. The molecular weight excluding hydrogens is 459 g/mol. The lowest BCUT2D eigenvalue weighted by Crippen LogP contribution is -2.46. The monoisotopic (exact) mass is 488 g/mol. The number of rotatable bonds is 7. The number of nitrogens with one attached hydrogen (secondary N) is 2. The van der Waals surface area contributed by atoms with Crippen LogP contribution in [0.2, 0.25) is 0 Å². The topological polar surface area (TPSA) is 67.1 Å². The number of hydrogen-bond donors (Lipinski definition) is 2. The van der Waals surface area contributed by atoms with E-state index in [2.05, 4.69) is 45.3 Å². The number of aliphatic imine (C=N–C) groups is 1. The van der Waals surface area contributed by atoms with Crippen molar-refractivity contribution in [2.45, 2.75) is 52.6 Å². The van der Waals surface area contributed by atoms with Gasteiger partial charge in [0.1, 0.15) is 12.4 Å². The molecule has 0 saturated heterocycles. The largest absolute Gasteiger partial charge is 0.356 e. The third-order valence-electron chi connectivity index (χ3n) is 5.37. The van der Waals surface area contributed by atoms with Crippen molar-refractivity contribution < 1.29 is 0 Å². The number of thiophene rings is 1. The first kappa shape index (κ1) is 21.1. The molecule has 1 fully saturated rings. The van der Waals surface area contributed by atoms with E-state index in [1.165, 1.54) is 30.6 Å². The Labute approximate surface area is 176 Å². The van der Waals surface area contributed by atoms with Crippen LogP contribution < -0.4 is 10.6 Å². The molecule has 0 radical (unpaired) electrons. The molecule has 3 rings (SSSR count). The van der Waals surface area contributed by atoms with Crippen LogP contribution in [0.3, 0.4) is 0 Å². The molecule has 144 valence electrons.